The number of hydrogen-bond acceptors (Lipinski definition) is 5. The molecular formula is C16H21N3O4S. The van der Waals surface area contributed by atoms with Crippen molar-refractivity contribution in [2.24, 2.45) is 0 Å². The van der Waals surface area contributed by atoms with Crippen molar-refractivity contribution in [1.29, 1.82) is 0 Å². The van der Waals surface area contributed by atoms with Crippen molar-refractivity contribution in [3.8, 4) is 0 Å². The quantitative estimate of drug-likeness (QED) is 0.748. The van der Waals surface area contributed by atoms with Gasteiger partial charge in [-0.1, -0.05) is 0 Å². The Labute approximate surface area is 141 Å². The van der Waals surface area contributed by atoms with Gasteiger partial charge in [-0.25, -0.2) is 8.42 Å². The molecule has 0 spiro atoms. The highest BCUT2D eigenvalue weighted by Crippen LogP contribution is 2.25. The van der Waals surface area contributed by atoms with E-state index in [-0.39, 0.29) is 16.7 Å². The summed E-state index contributed by atoms with van der Waals surface area (Å²) < 4.78 is 26.8. The van der Waals surface area contributed by atoms with Crippen molar-refractivity contribution in [2.45, 2.75) is 24.2 Å². The Kier molecular flexibility index (Phi) is 4.71. The molecule has 1 aromatic carbocycles. The van der Waals surface area contributed by atoms with Gasteiger partial charge in [-0.05, 0) is 37.7 Å². The molecule has 0 unspecified atom stereocenters. The molecule has 2 amide bonds. The number of amides is 2. The summed E-state index contributed by atoms with van der Waals surface area (Å²) in [5, 5.41) is 0. The molecule has 0 radical (unpaired) electrons. The monoisotopic (exact) mass is 351 g/mol. The van der Waals surface area contributed by atoms with E-state index in [1.165, 1.54) is 28.6 Å². The number of benzene rings is 1. The Morgan fingerprint density at radius 2 is 1.42 bits per heavy atom. The Hall–Kier alpha value is -1.77. The van der Waals surface area contributed by atoms with E-state index in [4.69, 9.17) is 0 Å². The lowest BCUT2D eigenvalue weighted by atomic mass is 10.1. The molecular weight excluding hydrogens is 330 g/mol. The Bertz CT molecular complexity index is 721. The van der Waals surface area contributed by atoms with Crippen molar-refractivity contribution in [1.82, 2.24) is 9.21 Å². The summed E-state index contributed by atoms with van der Waals surface area (Å²) in [7, 11) is -1.58. The van der Waals surface area contributed by atoms with Crippen LogP contribution in [0, 0.1) is 0 Å². The first-order chi connectivity index (χ1) is 11.4. The van der Waals surface area contributed by atoms with Crippen LogP contribution in [0.3, 0.4) is 0 Å². The number of anilines is 1. The van der Waals surface area contributed by atoms with Crippen molar-refractivity contribution < 1.29 is 18.0 Å². The number of rotatable bonds is 3. The molecule has 0 N–H and O–H groups in total. The zero-order valence-electron chi connectivity index (χ0n) is 13.6. The van der Waals surface area contributed by atoms with E-state index in [0.29, 0.717) is 51.1 Å². The zero-order valence-corrected chi connectivity index (χ0v) is 14.5. The number of piperidine rings is 1. The second-order valence-electron chi connectivity index (χ2n) is 6.18. The molecule has 0 bridgehead atoms. The van der Waals surface area contributed by atoms with Crippen LogP contribution in [0.1, 0.15) is 19.3 Å². The molecule has 0 aliphatic carbocycles. The largest absolute Gasteiger partial charge is 0.304 e. The number of sulfonamides is 1. The number of imide groups is 1. The van der Waals surface area contributed by atoms with E-state index >= 15 is 0 Å². The van der Waals surface area contributed by atoms with Crippen LogP contribution >= 0.6 is 0 Å². The van der Waals surface area contributed by atoms with Crippen LogP contribution in [0.15, 0.2) is 29.2 Å². The van der Waals surface area contributed by atoms with Gasteiger partial charge in [-0.3, -0.25) is 14.5 Å². The van der Waals surface area contributed by atoms with Crippen LogP contribution in [0.4, 0.5) is 5.69 Å². The zero-order chi connectivity index (χ0) is 17.3. The first-order valence-corrected chi connectivity index (χ1v) is 9.48. The second kappa shape index (κ2) is 6.62. The summed E-state index contributed by atoms with van der Waals surface area (Å²) in [4.78, 5) is 27.3. The molecule has 2 aliphatic heterocycles. The van der Waals surface area contributed by atoms with Gasteiger partial charge in [0.2, 0.25) is 21.8 Å². The van der Waals surface area contributed by atoms with Crippen LogP contribution in [-0.2, 0) is 19.6 Å². The third kappa shape index (κ3) is 3.22. The first-order valence-electron chi connectivity index (χ1n) is 8.04. The highest BCUT2D eigenvalue weighted by atomic mass is 32.2. The standard InChI is InChI=1S/C16H21N3O4S/c1-17-9-11-18(12-10-17)24(22,23)14-7-5-13(6-8-14)19-15(20)3-2-4-16(19)21/h5-8H,2-4,9-12H2,1H3. The van der Waals surface area contributed by atoms with Gasteiger partial charge in [-0.2, -0.15) is 4.31 Å². The van der Waals surface area contributed by atoms with Gasteiger partial charge in [0.15, 0.2) is 0 Å². The second-order valence-corrected chi connectivity index (χ2v) is 8.12. The van der Waals surface area contributed by atoms with Crippen LogP contribution in [-0.4, -0.2) is 62.7 Å². The van der Waals surface area contributed by atoms with E-state index in [1.807, 2.05) is 7.05 Å². The summed E-state index contributed by atoms with van der Waals surface area (Å²) in [6.45, 7) is 2.33. The lowest BCUT2D eigenvalue weighted by Crippen LogP contribution is -2.47. The number of nitrogens with zero attached hydrogens (tertiary/aromatic N) is 3. The van der Waals surface area contributed by atoms with E-state index in [1.54, 1.807) is 0 Å². The smallest absolute Gasteiger partial charge is 0.243 e. The molecule has 0 atom stereocenters. The van der Waals surface area contributed by atoms with Crippen molar-refractivity contribution >= 4 is 27.5 Å². The van der Waals surface area contributed by atoms with Gasteiger partial charge in [0.05, 0.1) is 10.6 Å². The maximum atomic E-state index is 12.7. The summed E-state index contributed by atoms with van der Waals surface area (Å²) in [5.41, 5.74) is 0.432. The van der Waals surface area contributed by atoms with Gasteiger partial charge in [0.25, 0.3) is 0 Å². The molecule has 7 nitrogen and oxygen atoms in total. The van der Waals surface area contributed by atoms with E-state index in [0.717, 1.165) is 4.90 Å². The molecule has 0 saturated carbocycles. The maximum absolute atomic E-state index is 12.7. The molecule has 2 saturated heterocycles. The number of carbonyl (C=O) groups is 2. The predicted molar refractivity (Wildman–Crippen MR) is 89.0 cm³/mol. The first kappa shape index (κ1) is 17.1. The average molecular weight is 351 g/mol. The van der Waals surface area contributed by atoms with Gasteiger partial charge in [-0.15, -0.1) is 0 Å². The summed E-state index contributed by atoms with van der Waals surface area (Å²) >= 11 is 0. The molecule has 24 heavy (non-hydrogen) atoms. The topological polar surface area (TPSA) is 78.0 Å². The third-order valence-electron chi connectivity index (χ3n) is 4.48. The molecule has 1 aromatic rings. The normalized spacial score (nSPS) is 21.3. The Morgan fingerprint density at radius 3 is 1.96 bits per heavy atom. The Morgan fingerprint density at radius 1 is 0.875 bits per heavy atom. The fourth-order valence-corrected chi connectivity index (χ4v) is 4.41. The molecule has 3 rings (SSSR count). The molecule has 130 valence electrons. The van der Waals surface area contributed by atoms with Gasteiger partial charge >= 0.3 is 0 Å². The maximum Gasteiger partial charge on any atom is 0.243 e. The highest BCUT2D eigenvalue weighted by Gasteiger charge is 2.30. The molecule has 2 aliphatic rings. The van der Waals surface area contributed by atoms with Crippen molar-refractivity contribution in [3.63, 3.8) is 0 Å². The predicted octanol–water partition coefficient (Wildman–Crippen LogP) is 0.666. The Balaban J connectivity index is 1.81. The van der Waals surface area contributed by atoms with Gasteiger partial charge < -0.3 is 4.90 Å². The SMILES string of the molecule is CN1CCN(S(=O)(=O)c2ccc(N3C(=O)CCCC3=O)cc2)CC1. The fourth-order valence-electron chi connectivity index (χ4n) is 2.99. The summed E-state index contributed by atoms with van der Waals surface area (Å²) in [5.74, 6) is -0.471. The van der Waals surface area contributed by atoms with Crippen LogP contribution in [0.25, 0.3) is 0 Å². The van der Waals surface area contributed by atoms with E-state index in [2.05, 4.69) is 4.90 Å². The minimum Gasteiger partial charge on any atom is -0.304 e. The number of hydrogen-bond donors (Lipinski definition) is 0. The fraction of sp³-hybridized carbons (Fsp3) is 0.500. The van der Waals surface area contributed by atoms with Crippen LogP contribution in [0.5, 0.6) is 0 Å². The minimum atomic E-state index is -3.54. The van der Waals surface area contributed by atoms with E-state index in [9.17, 15) is 18.0 Å². The lowest BCUT2D eigenvalue weighted by Gasteiger charge is -2.31. The number of carbonyl (C=O) groups excluding carboxylic acids is 2. The van der Waals surface area contributed by atoms with Crippen LogP contribution in [0.2, 0.25) is 0 Å². The van der Waals surface area contributed by atoms with Gasteiger partial charge in [0.1, 0.15) is 0 Å². The van der Waals surface area contributed by atoms with Crippen molar-refractivity contribution in [2.75, 3.05) is 38.1 Å². The average Bonchev–Trinajstić information content (AvgIpc) is 2.55. The van der Waals surface area contributed by atoms with Crippen molar-refractivity contribution in [3.05, 3.63) is 24.3 Å². The summed E-state index contributed by atoms with van der Waals surface area (Å²) in [6.07, 6.45) is 1.25. The number of piperazine rings is 1. The summed E-state index contributed by atoms with van der Waals surface area (Å²) in [6, 6.07) is 6.00. The molecule has 0 aromatic heterocycles. The molecule has 8 heteroatoms. The lowest BCUT2D eigenvalue weighted by molar-refractivity contribution is -0.129. The number of likely N-dealkylation sites (N-methyl/N-ethyl adjacent to an activating group) is 1. The van der Waals surface area contributed by atoms with Crippen LogP contribution < -0.4 is 4.90 Å². The van der Waals surface area contributed by atoms with Gasteiger partial charge in [0, 0.05) is 39.0 Å². The highest BCUT2D eigenvalue weighted by molar-refractivity contribution is 7.89. The van der Waals surface area contributed by atoms with E-state index < -0.39 is 10.0 Å². The minimum absolute atomic E-state index is 0.188. The molecule has 2 heterocycles. The third-order valence-corrected chi connectivity index (χ3v) is 6.39. The molecule has 2 fully saturated rings.